The van der Waals surface area contributed by atoms with Crippen molar-refractivity contribution in [1.29, 1.82) is 0 Å². The molecule has 1 amide bonds. The first-order chi connectivity index (χ1) is 10.6. The molecular formula is C19H28N2O. The van der Waals surface area contributed by atoms with Crippen molar-refractivity contribution >= 4 is 11.6 Å². The standard InChI is InChI=1S/C19H28N2O/c1-15(2)16-9-13-21(14-10-16)18(22)19(11-6-12-19)20-17-7-4-3-5-8-17/h3-5,7-8,15-16,20H,6,9-14H2,1-2H3. The summed E-state index contributed by atoms with van der Waals surface area (Å²) in [5, 5.41) is 3.53. The number of rotatable bonds is 4. The predicted molar refractivity (Wildman–Crippen MR) is 90.8 cm³/mol. The number of anilines is 1. The van der Waals surface area contributed by atoms with Crippen LogP contribution in [0.1, 0.15) is 46.0 Å². The Bertz CT molecular complexity index is 499. The molecule has 1 aromatic rings. The van der Waals surface area contributed by atoms with Gasteiger partial charge in [-0.25, -0.2) is 0 Å². The topological polar surface area (TPSA) is 32.3 Å². The van der Waals surface area contributed by atoms with Crippen LogP contribution in [0.5, 0.6) is 0 Å². The van der Waals surface area contributed by atoms with Crippen LogP contribution in [0.15, 0.2) is 30.3 Å². The van der Waals surface area contributed by atoms with Gasteiger partial charge in [0.05, 0.1) is 0 Å². The summed E-state index contributed by atoms with van der Waals surface area (Å²) in [5.41, 5.74) is 0.721. The number of carbonyl (C=O) groups excluding carboxylic acids is 1. The molecule has 0 radical (unpaired) electrons. The molecular weight excluding hydrogens is 272 g/mol. The van der Waals surface area contributed by atoms with Crippen molar-refractivity contribution in [2.75, 3.05) is 18.4 Å². The molecule has 0 spiro atoms. The Kier molecular flexibility index (Phi) is 4.42. The first-order valence-electron chi connectivity index (χ1n) is 8.73. The molecule has 3 heteroatoms. The number of para-hydroxylation sites is 1. The summed E-state index contributed by atoms with van der Waals surface area (Å²) >= 11 is 0. The van der Waals surface area contributed by atoms with E-state index >= 15 is 0 Å². The minimum Gasteiger partial charge on any atom is -0.371 e. The second-order valence-corrected chi connectivity index (χ2v) is 7.30. The molecule has 3 nitrogen and oxygen atoms in total. The van der Waals surface area contributed by atoms with E-state index in [9.17, 15) is 4.79 Å². The summed E-state index contributed by atoms with van der Waals surface area (Å²) in [4.78, 5) is 15.2. The molecule has 120 valence electrons. The van der Waals surface area contributed by atoms with E-state index in [-0.39, 0.29) is 5.54 Å². The number of hydrogen-bond donors (Lipinski definition) is 1. The number of nitrogens with one attached hydrogen (secondary N) is 1. The van der Waals surface area contributed by atoms with E-state index in [0.717, 1.165) is 62.7 Å². The molecule has 1 aliphatic heterocycles. The third kappa shape index (κ3) is 2.99. The lowest BCUT2D eigenvalue weighted by molar-refractivity contribution is -0.140. The Balaban J connectivity index is 1.65. The molecule has 0 aromatic heterocycles. The summed E-state index contributed by atoms with van der Waals surface area (Å²) in [5.74, 6) is 1.84. The lowest BCUT2D eigenvalue weighted by Gasteiger charge is -2.46. The van der Waals surface area contributed by atoms with Gasteiger partial charge in [-0.3, -0.25) is 4.79 Å². The summed E-state index contributed by atoms with van der Waals surface area (Å²) < 4.78 is 0. The van der Waals surface area contributed by atoms with Gasteiger partial charge in [0.25, 0.3) is 0 Å². The number of carbonyl (C=O) groups is 1. The zero-order chi connectivity index (χ0) is 15.6. The highest BCUT2D eigenvalue weighted by molar-refractivity contribution is 5.90. The van der Waals surface area contributed by atoms with Crippen LogP contribution in [0.25, 0.3) is 0 Å². The number of piperidine rings is 1. The second-order valence-electron chi connectivity index (χ2n) is 7.30. The average Bonchev–Trinajstić information content (AvgIpc) is 2.51. The van der Waals surface area contributed by atoms with Gasteiger partial charge in [0.1, 0.15) is 5.54 Å². The summed E-state index contributed by atoms with van der Waals surface area (Å²) in [6.45, 7) is 6.46. The molecule has 0 bridgehead atoms. The molecule has 1 saturated heterocycles. The molecule has 3 rings (SSSR count). The van der Waals surface area contributed by atoms with Gasteiger partial charge in [0, 0.05) is 18.8 Å². The Hall–Kier alpha value is -1.51. The highest BCUT2D eigenvalue weighted by Crippen LogP contribution is 2.38. The lowest BCUT2D eigenvalue weighted by atomic mass is 9.74. The van der Waals surface area contributed by atoms with Gasteiger partial charge in [-0.05, 0) is 56.1 Å². The Labute approximate surface area is 134 Å². The van der Waals surface area contributed by atoms with E-state index in [1.54, 1.807) is 0 Å². The van der Waals surface area contributed by atoms with E-state index in [0.29, 0.717) is 5.91 Å². The highest BCUT2D eigenvalue weighted by atomic mass is 16.2. The van der Waals surface area contributed by atoms with Crippen molar-refractivity contribution in [1.82, 2.24) is 4.90 Å². The third-order valence-electron chi connectivity index (χ3n) is 5.54. The second kappa shape index (κ2) is 6.31. The van der Waals surface area contributed by atoms with E-state index in [4.69, 9.17) is 0 Å². The van der Waals surface area contributed by atoms with Crippen molar-refractivity contribution in [2.45, 2.75) is 51.5 Å². The Morgan fingerprint density at radius 1 is 1.18 bits per heavy atom. The number of nitrogens with zero attached hydrogens (tertiary/aromatic N) is 1. The molecule has 2 aliphatic rings. The zero-order valence-corrected chi connectivity index (χ0v) is 13.8. The monoisotopic (exact) mass is 300 g/mol. The van der Waals surface area contributed by atoms with Gasteiger partial charge < -0.3 is 10.2 Å². The number of amides is 1. The van der Waals surface area contributed by atoms with E-state index in [1.807, 2.05) is 18.2 Å². The highest BCUT2D eigenvalue weighted by Gasteiger charge is 2.46. The van der Waals surface area contributed by atoms with E-state index in [2.05, 4.69) is 36.2 Å². The van der Waals surface area contributed by atoms with Crippen LogP contribution in [0.4, 0.5) is 5.69 Å². The number of likely N-dealkylation sites (tertiary alicyclic amines) is 1. The normalized spacial score (nSPS) is 21.5. The van der Waals surface area contributed by atoms with Crippen LogP contribution >= 0.6 is 0 Å². The lowest BCUT2D eigenvalue weighted by Crippen LogP contribution is -2.59. The average molecular weight is 300 g/mol. The molecule has 0 atom stereocenters. The fourth-order valence-corrected chi connectivity index (χ4v) is 3.79. The minimum atomic E-state index is -0.341. The molecule has 1 aromatic carbocycles. The number of benzene rings is 1. The molecule has 1 heterocycles. The van der Waals surface area contributed by atoms with Gasteiger partial charge in [-0.15, -0.1) is 0 Å². The van der Waals surface area contributed by atoms with Gasteiger partial charge in [0.2, 0.25) is 5.91 Å². The minimum absolute atomic E-state index is 0.324. The predicted octanol–water partition coefficient (Wildman–Crippen LogP) is 3.92. The van der Waals surface area contributed by atoms with Crippen molar-refractivity contribution in [3.05, 3.63) is 30.3 Å². The van der Waals surface area contributed by atoms with Crippen LogP contribution in [0.2, 0.25) is 0 Å². The molecule has 22 heavy (non-hydrogen) atoms. The van der Waals surface area contributed by atoms with Crippen molar-refractivity contribution < 1.29 is 4.79 Å². The van der Waals surface area contributed by atoms with Gasteiger partial charge >= 0.3 is 0 Å². The van der Waals surface area contributed by atoms with Crippen molar-refractivity contribution in [3.63, 3.8) is 0 Å². The summed E-state index contributed by atoms with van der Waals surface area (Å²) in [6.07, 6.45) is 5.39. The maximum Gasteiger partial charge on any atom is 0.248 e. The molecule has 0 unspecified atom stereocenters. The van der Waals surface area contributed by atoms with E-state index < -0.39 is 0 Å². The first-order valence-corrected chi connectivity index (χ1v) is 8.73. The third-order valence-corrected chi connectivity index (χ3v) is 5.54. The first kappa shape index (κ1) is 15.4. The largest absolute Gasteiger partial charge is 0.371 e. The summed E-state index contributed by atoms with van der Waals surface area (Å²) in [7, 11) is 0. The van der Waals surface area contributed by atoms with Crippen LogP contribution < -0.4 is 5.32 Å². The quantitative estimate of drug-likeness (QED) is 0.914. The fourth-order valence-electron chi connectivity index (χ4n) is 3.79. The maximum atomic E-state index is 13.0. The zero-order valence-electron chi connectivity index (χ0n) is 13.8. The molecule has 1 saturated carbocycles. The van der Waals surface area contributed by atoms with Gasteiger partial charge in [-0.1, -0.05) is 32.0 Å². The maximum absolute atomic E-state index is 13.0. The van der Waals surface area contributed by atoms with Crippen LogP contribution in [0, 0.1) is 11.8 Å². The molecule has 1 aliphatic carbocycles. The molecule has 2 fully saturated rings. The van der Waals surface area contributed by atoms with E-state index in [1.165, 1.54) is 0 Å². The molecule has 1 N–H and O–H groups in total. The van der Waals surface area contributed by atoms with Crippen molar-refractivity contribution in [3.8, 4) is 0 Å². The smallest absolute Gasteiger partial charge is 0.248 e. The van der Waals surface area contributed by atoms with Crippen molar-refractivity contribution in [2.24, 2.45) is 11.8 Å². The number of hydrogen-bond acceptors (Lipinski definition) is 2. The Morgan fingerprint density at radius 3 is 2.32 bits per heavy atom. The Morgan fingerprint density at radius 2 is 1.82 bits per heavy atom. The van der Waals surface area contributed by atoms with Crippen LogP contribution in [-0.2, 0) is 4.79 Å². The SMILES string of the molecule is CC(C)C1CCN(C(=O)C2(Nc3ccccc3)CCC2)CC1. The van der Waals surface area contributed by atoms with Crippen LogP contribution in [0.3, 0.4) is 0 Å². The fraction of sp³-hybridized carbons (Fsp3) is 0.632. The van der Waals surface area contributed by atoms with Crippen LogP contribution in [-0.4, -0.2) is 29.4 Å². The summed E-state index contributed by atoms with van der Waals surface area (Å²) in [6, 6.07) is 10.2. The van der Waals surface area contributed by atoms with Gasteiger partial charge in [-0.2, -0.15) is 0 Å². The van der Waals surface area contributed by atoms with Gasteiger partial charge in [0.15, 0.2) is 0 Å².